The molecule has 0 bridgehead atoms. The fraction of sp³-hybridized carbons (Fsp3) is 0.412. The molecule has 2 N–H and O–H groups in total. The van der Waals surface area contributed by atoms with Gasteiger partial charge >= 0.3 is 0 Å². The maximum absolute atomic E-state index is 5.53. The molecule has 0 aliphatic rings. The molecule has 25 heavy (non-hydrogen) atoms. The summed E-state index contributed by atoms with van der Waals surface area (Å²) in [6.45, 7) is 5.31. The van der Waals surface area contributed by atoms with Crippen LogP contribution in [-0.4, -0.2) is 31.7 Å². The monoisotopic (exact) mass is 476 g/mol. The highest BCUT2D eigenvalue weighted by Crippen LogP contribution is 2.30. The number of nitrogens with zero attached hydrogens (tertiary/aromatic N) is 2. The van der Waals surface area contributed by atoms with Gasteiger partial charge in [0.05, 0.1) is 20.3 Å². The van der Waals surface area contributed by atoms with Gasteiger partial charge in [-0.1, -0.05) is 6.92 Å². The Morgan fingerprint density at radius 2 is 2.08 bits per heavy atom. The highest BCUT2D eigenvalue weighted by Gasteiger charge is 2.07. The van der Waals surface area contributed by atoms with Crippen molar-refractivity contribution in [2.75, 3.05) is 26.1 Å². The Morgan fingerprint density at radius 1 is 1.28 bits per heavy atom. The van der Waals surface area contributed by atoms with Crippen molar-refractivity contribution in [2.24, 2.45) is 4.99 Å². The van der Waals surface area contributed by atoms with Gasteiger partial charge < -0.3 is 20.1 Å². The van der Waals surface area contributed by atoms with Crippen molar-refractivity contribution in [3.63, 3.8) is 0 Å². The van der Waals surface area contributed by atoms with E-state index < -0.39 is 0 Å². The Labute approximate surface area is 170 Å². The summed E-state index contributed by atoms with van der Waals surface area (Å²) in [6, 6.07) is 5.70. The number of ether oxygens (including phenoxy) is 2. The van der Waals surface area contributed by atoms with Crippen molar-refractivity contribution in [3.8, 4) is 11.5 Å². The zero-order valence-corrected chi connectivity index (χ0v) is 18.1. The first-order valence-electron chi connectivity index (χ1n) is 7.92. The molecule has 0 spiro atoms. The second kappa shape index (κ2) is 11.1. The van der Waals surface area contributed by atoms with E-state index in [1.165, 1.54) is 4.88 Å². The molecule has 0 aliphatic carbocycles. The molecule has 0 amide bonds. The van der Waals surface area contributed by atoms with Gasteiger partial charge in [0, 0.05) is 29.9 Å². The molecular weight excluding hydrogens is 451 g/mol. The van der Waals surface area contributed by atoms with Gasteiger partial charge in [-0.2, -0.15) is 0 Å². The van der Waals surface area contributed by atoms with Crippen LogP contribution in [0.1, 0.15) is 23.7 Å². The number of aromatic nitrogens is 1. The quantitative estimate of drug-likeness (QED) is 0.360. The first-order valence-corrected chi connectivity index (χ1v) is 8.73. The van der Waals surface area contributed by atoms with E-state index in [0.29, 0.717) is 24.9 Å². The second-order valence-corrected chi connectivity index (χ2v) is 6.12. The number of benzene rings is 1. The number of hydrogen-bond donors (Lipinski definition) is 2. The molecule has 6 nitrogen and oxygen atoms in total. The van der Waals surface area contributed by atoms with E-state index >= 15 is 0 Å². The second-order valence-electron chi connectivity index (χ2n) is 4.92. The van der Waals surface area contributed by atoms with E-state index in [2.05, 4.69) is 27.5 Å². The average Bonchev–Trinajstić information content (AvgIpc) is 3.08. The summed E-state index contributed by atoms with van der Waals surface area (Å²) in [6.07, 6.45) is 2.94. The molecule has 8 heteroatoms. The molecule has 1 aromatic carbocycles. The topological polar surface area (TPSA) is 67.8 Å². The zero-order valence-electron chi connectivity index (χ0n) is 15.0. The molecule has 0 radical (unpaired) electrons. The summed E-state index contributed by atoms with van der Waals surface area (Å²) in [5, 5.41) is 7.55. The predicted octanol–water partition coefficient (Wildman–Crippen LogP) is 3.92. The average molecular weight is 476 g/mol. The minimum atomic E-state index is 0. The SMILES string of the molecule is CCOc1ccc(NC(=NC)NCc2ncc(CC)s2)cc1OC.I. The molecule has 0 saturated carbocycles. The third kappa shape index (κ3) is 6.35. The van der Waals surface area contributed by atoms with E-state index in [4.69, 9.17) is 9.47 Å². The molecule has 2 rings (SSSR count). The fourth-order valence-corrected chi connectivity index (χ4v) is 2.89. The summed E-state index contributed by atoms with van der Waals surface area (Å²) < 4.78 is 10.9. The number of guanidine groups is 1. The molecular formula is C17H25IN4O2S. The number of hydrogen-bond acceptors (Lipinski definition) is 5. The number of thiazole rings is 1. The molecule has 0 atom stereocenters. The lowest BCUT2D eigenvalue weighted by atomic mass is 10.2. The van der Waals surface area contributed by atoms with Gasteiger partial charge in [-0.25, -0.2) is 4.98 Å². The molecule has 138 valence electrons. The first-order chi connectivity index (χ1) is 11.7. The summed E-state index contributed by atoms with van der Waals surface area (Å²) in [5.41, 5.74) is 0.872. The van der Waals surface area contributed by atoms with Crippen molar-refractivity contribution < 1.29 is 9.47 Å². The number of aliphatic imine (C=N–C) groups is 1. The number of rotatable bonds is 7. The molecule has 0 fully saturated rings. The number of aryl methyl sites for hydroxylation is 1. The Bertz CT molecular complexity index is 691. The van der Waals surface area contributed by atoms with E-state index in [9.17, 15) is 0 Å². The van der Waals surface area contributed by atoms with Gasteiger partial charge in [0.2, 0.25) is 0 Å². The highest BCUT2D eigenvalue weighted by molar-refractivity contribution is 14.0. The van der Waals surface area contributed by atoms with Crippen LogP contribution >= 0.6 is 35.3 Å². The summed E-state index contributed by atoms with van der Waals surface area (Å²) >= 11 is 1.71. The van der Waals surface area contributed by atoms with Crippen molar-refractivity contribution in [1.82, 2.24) is 10.3 Å². The van der Waals surface area contributed by atoms with E-state index in [1.807, 2.05) is 31.3 Å². The molecule has 0 saturated heterocycles. The highest BCUT2D eigenvalue weighted by atomic mass is 127. The Balaban J connectivity index is 0.00000312. The minimum absolute atomic E-state index is 0. The van der Waals surface area contributed by atoms with Crippen molar-refractivity contribution in [1.29, 1.82) is 0 Å². The third-order valence-corrected chi connectivity index (χ3v) is 4.45. The lowest BCUT2D eigenvalue weighted by molar-refractivity contribution is 0.311. The van der Waals surface area contributed by atoms with Crippen molar-refractivity contribution >= 4 is 47.0 Å². The summed E-state index contributed by atoms with van der Waals surface area (Å²) in [4.78, 5) is 9.92. The molecule has 1 heterocycles. The normalized spacial score (nSPS) is 10.8. The molecule has 2 aromatic rings. The lowest BCUT2D eigenvalue weighted by Crippen LogP contribution is -2.30. The smallest absolute Gasteiger partial charge is 0.195 e. The molecule has 0 aliphatic heterocycles. The Hall–Kier alpha value is -1.55. The van der Waals surface area contributed by atoms with Crippen LogP contribution in [0.4, 0.5) is 5.69 Å². The number of methoxy groups -OCH3 is 1. The number of nitrogens with one attached hydrogen (secondary N) is 2. The van der Waals surface area contributed by atoms with Gasteiger partial charge in [0.15, 0.2) is 17.5 Å². The van der Waals surface area contributed by atoms with Crippen LogP contribution < -0.4 is 20.1 Å². The summed E-state index contributed by atoms with van der Waals surface area (Å²) in [5.74, 6) is 2.09. The van der Waals surface area contributed by atoms with Gasteiger partial charge in [-0.3, -0.25) is 4.99 Å². The third-order valence-electron chi connectivity index (χ3n) is 3.31. The standard InChI is InChI=1S/C17H24N4O2S.HI/c1-5-13-10-19-16(24-13)11-20-17(18-3)21-12-7-8-14(23-6-2)15(9-12)22-4;/h7-10H,5-6,11H2,1-4H3,(H2,18,20,21);1H. The van der Waals surface area contributed by atoms with Crippen LogP contribution in [0.15, 0.2) is 29.4 Å². The summed E-state index contributed by atoms with van der Waals surface area (Å²) in [7, 11) is 3.36. The van der Waals surface area contributed by atoms with E-state index in [-0.39, 0.29) is 24.0 Å². The van der Waals surface area contributed by atoms with Crippen molar-refractivity contribution in [2.45, 2.75) is 26.8 Å². The van der Waals surface area contributed by atoms with E-state index in [1.54, 1.807) is 25.5 Å². The largest absolute Gasteiger partial charge is 0.493 e. The van der Waals surface area contributed by atoms with Crippen LogP contribution in [0.25, 0.3) is 0 Å². The minimum Gasteiger partial charge on any atom is -0.493 e. The van der Waals surface area contributed by atoms with Gasteiger partial charge in [-0.15, -0.1) is 35.3 Å². The van der Waals surface area contributed by atoms with Gasteiger partial charge in [0.25, 0.3) is 0 Å². The van der Waals surface area contributed by atoms with Gasteiger partial charge in [-0.05, 0) is 25.5 Å². The van der Waals surface area contributed by atoms with Crippen LogP contribution in [0, 0.1) is 0 Å². The Kier molecular flexibility index (Phi) is 9.58. The number of anilines is 1. The van der Waals surface area contributed by atoms with Crippen LogP contribution in [0.2, 0.25) is 0 Å². The first kappa shape index (κ1) is 21.5. The molecule has 0 unspecified atom stereocenters. The number of halogens is 1. The van der Waals surface area contributed by atoms with Crippen molar-refractivity contribution in [3.05, 3.63) is 34.3 Å². The van der Waals surface area contributed by atoms with Crippen LogP contribution in [0.5, 0.6) is 11.5 Å². The predicted molar refractivity (Wildman–Crippen MR) is 115 cm³/mol. The maximum atomic E-state index is 5.53. The maximum Gasteiger partial charge on any atom is 0.195 e. The molecule has 1 aromatic heterocycles. The van der Waals surface area contributed by atoms with Crippen LogP contribution in [0.3, 0.4) is 0 Å². The zero-order chi connectivity index (χ0) is 17.4. The fourth-order valence-electron chi connectivity index (χ4n) is 2.09. The Morgan fingerprint density at radius 3 is 2.68 bits per heavy atom. The van der Waals surface area contributed by atoms with E-state index in [0.717, 1.165) is 22.9 Å². The lowest BCUT2D eigenvalue weighted by Gasteiger charge is -2.14. The van der Waals surface area contributed by atoms with Crippen LogP contribution in [-0.2, 0) is 13.0 Å². The van der Waals surface area contributed by atoms with Gasteiger partial charge in [0.1, 0.15) is 5.01 Å².